The third-order valence-corrected chi connectivity index (χ3v) is 5.68. The van der Waals surface area contributed by atoms with E-state index < -0.39 is 5.82 Å². The normalized spacial score (nSPS) is 27.0. The Morgan fingerprint density at radius 3 is 2.72 bits per heavy atom. The Morgan fingerprint density at radius 2 is 2.00 bits per heavy atom. The fraction of sp³-hybridized carbons (Fsp3) is 0.316. The first-order valence-electron chi connectivity index (χ1n) is 8.34. The highest BCUT2D eigenvalue weighted by molar-refractivity contribution is 6.33. The SMILES string of the molecule is NCC12CC1N[C@H](C(=O)Nc1cccc(-c3ccccc3Cl)c1F)C2. The van der Waals surface area contributed by atoms with Crippen LogP contribution in [0.1, 0.15) is 12.8 Å². The highest BCUT2D eigenvalue weighted by Crippen LogP contribution is 2.53. The second-order valence-corrected chi connectivity index (χ2v) is 7.29. The van der Waals surface area contributed by atoms with Crippen molar-refractivity contribution < 1.29 is 9.18 Å². The zero-order chi connectivity index (χ0) is 17.6. The summed E-state index contributed by atoms with van der Waals surface area (Å²) < 4.78 is 14.9. The summed E-state index contributed by atoms with van der Waals surface area (Å²) in [4.78, 5) is 12.5. The van der Waals surface area contributed by atoms with E-state index in [0.717, 1.165) is 6.42 Å². The maximum atomic E-state index is 14.9. The van der Waals surface area contributed by atoms with Crippen LogP contribution in [-0.2, 0) is 4.79 Å². The molecule has 6 heteroatoms. The molecule has 0 radical (unpaired) electrons. The number of carbonyl (C=O) groups excluding carboxylic acids is 1. The molecule has 4 nitrogen and oxygen atoms in total. The minimum atomic E-state index is -0.486. The Bertz CT molecular complexity index is 839. The summed E-state index contributed by atoms with van der Waals surface area (Å²) in [6, 6.07) is 12.0. The van der Waals surface area contributed by atoms with Gasteiger partial charge in [0.15, 0.2) is 5.82 Å². The lowest BCUT2D eigenvalue weighted by Gasteiger charge is -2.16. The molecule has 1 amide bonds. The van der Waals surface area contributed by atoms with E-state index in [9.17, 15) is 9.18 Å². The van der Waals surface area contributed by atoms with Gasteiger partial charge in [-0.1, -0.05) is 41.9 Å². The van der Waals surface area contributed by atoms with Crippen LogP contribution < -0.4 is 16.4 Å². The van der Waals surface area contributed by atoms with Gasteiger partial charge in [-0.2, -0.15) is 0 Å². The van der Waals surface area contributed by atoms with Crippen molar-refractivity contribution in [3.05, 3.63) is 53.3 Å². The van der Waals surface area contributed by atoms with Crippen molar-refractivity contribution in [3.8, 4) is 11.1 Å². The largest absolute Gasteiger partial charge is 0.330 e. The quantitative estimate of drug-likeness (QED) is 0.785. The van der Waals surface area contributed by atoms with Gasteiger partial charge in [-0.25, -0.2) is 4.39 Å². The van der Waals surface area contributed by atoms with E-state index in [1.54, 1.807) is 42.5 Å². The Hall–Kier alpha value is -1.95. The molecule has 25 heavy (non-hydrogen) atoms. The summed E-state index contributed by atoms with van der Waals surface area (Å²) >= 11 is 6.17. The van der Waals surface area contributed by atoms with Gasteiger partial charge in [0, 0.05) is 27.6 Å². The van der Waals surface area contributed by atoms with Gasteiger partial charge in [0.2, 0.25) is 5.91 Å². The van der Waals surface area contributed by atoms with E-state index in [0.29, 0.717) is 35.2 Å². The lowest BCUT2D eigenvalue weighted by atomic mass is 9.99. The molecule has 4 rings (SSSR count). The molecule has 1 saturated carbocycles. The van der Waals surface area contributed by atoms with Gasteiger partial charge < -0.3 is 16.4 Å². The van der Waals surface area contributed by atoms with Crippen LogP contribution in [0.25, 0.3) is 11.1 Å². The summed E-state index contributed by atoms with van der Waals surface area (Å²) in [5.74, 6) is -0.712. The van der Waals surface area contributed by atoms with Crippen LogP contribution in [0.5, 0.6) is 0 Å². The Labute approximate surface area is 150 Å². The van der Waals surface area contributed by atoms with E-state index in [1.165, 1.54) is 0 Å². The van der Waals surface area contributed by atoms with Crippen molar-refractivity contribution in [1.82, 2.24) is 5.32 Å². The number of halogens is 2. The van der Waals surface area contributed by atoms with Crippen LogP contribution in [0.4, 0.5) is 10.1 Å². The van der Waals surface area contributed by atoms with Gasteiger partial charge >= 0.3 is 0 Å². The maximum Gasteiger partial charge on any atom is 0.241 e. The van der Waals surface area contributed by atoms with Gasteiger partial charge in [0.25, 0.3) is 0 Å². The molecule has 4 N–H and O–H groups in total. The molecule has 130 valence electrons. The van der Waals surface area contributed by atoms with Gasteiger partial charge in [-0.15, -0.1) is 0 Å². The van der Waals surface area contributed by atoms with Gasteiger partial charge in [0.1, 0.15) is 0 Å². The number of anilines is 1. The Morgan fingerprint density at radius 1 is 1.24 bits per heavy atom. The Balaban J connectivity index is 1.55. The monoisotopic (exact) mass is 359 g/mol. The summed E-state index contributed by atoms with van der Waals surface area (Å²) in [6.45, 7) is 0.574. The molecule has 2 aliphatic rings. The van der Waals surface area contributed by atoms with Crippen molar-refractivity contribution in [3.63, 3.8) is 0 Å². The number of nitrogens with one attached hydrogen (secondary N) is 2. The summed E-state index contributed by atoms with van der Waals surface area (Å²) in [5.41, 5.74) is 6.98. The number of fused-ring (bicyclic) bond motifs is 1. The molecule has 1 aliphatic carbocycles. The molecular weight excluding hydrogens is 341 g/mol. The first-order chi connectivity index (χ1) is 12.0. The third-order valence-electron chi connectivity index (χ3n) is 5.35. The molecule has 2 aromatic rings. The van der Waals surface area contributed by atoms with Crippen molar-refractivity contribution >= 4 is 23.2 Å². The van der Waals surface area contributed by atoms with Crippen LogP contribution in [0.2, 0.25) is 5.02 Å². The number of benzene rings is 2. The van der Waals surface area contributed by atoms with Crippen LogP contribution >= 0.6 is 11.6 Å². The molecular formula is C19H19ClFN3O. The molecule has 1 heterocycles. The number of hydrogen-bond donors (Lipinski definition) is 3. The van der Waals surface area contributed by atoms with Gasteiger partial charge in [0.05, 0.1) is 11.7 Å². The minimum Gasteiger partial charge on any atom is -0.330 e. The van der Waals surface area contributed by atoms with Crippen molar-refractivity contribution in [2.75, 3.05) is 11.9 Å². The van der Waals surface area contributed by atoms with Crippen LogP contribution in [-0.4, -0.2) is 24.5 Å². The lowest BCUT2D eigenvalue weighted by Crippen LogP contribution is -2.38. The zero-order valence-electron chi connectivity index (χ0n) is 13.6. The topological polar surface area (TPSA) is 67.1 Å². The van der Waals surface area contributed by atoms with E-state index in [4.69, 9.17) is 17.3 Å². The fourth-order valence-electron chi connectivity index (χ4n) is 3.73. The minimum absolute atomic E-state index is 0.0555. The maximum absolute atomic E-state index is 14.9. The summed E-state index contributed by atoms with van der Waals surface area (Å²) in [7, 11) is 0. The smallest absolute Gasteiger partial charge is 0.241 e. The van der Waals surface area contributed by atoms with Gasteiger partial charge in [-0.3, -0.25) is 4.79 Å². The summed E-state index contributed by atoms with van der Waals surface area (Å²) in [5, 5.41) is 6.45. The van der Waals surface area contributed by atoms with Crippen molar-refractivity contribution in [2.45, 2.75) is 24.9 Å². The fourth-order valence-corrected chi connectivity index (χ4v) is 3.97. The standard InChI is InChI=1S/C19H19ClFN3O/c20-13-6-2-1-4-11(13)12-5-3-7-14(17(12)21)24-18(25)15-8-19(10-22)9-16(19)23-15/h1-7,15-16,23H,8-10,22H2,(H,24,25)/t15-,16?,19?/m0/s1. The first kappa shape index (κ1) is 16.5. The van der Waals surface area contributed by atoms with Crippen LogP contribution in [0.15, 0.2) is 42.5 Å². The highest BCUT2D eigenvalue weighted by Gasteiger charge is 2.60. The second-order valence-electron chi connectivity index (χ2n) is 6.88. The number of amides is 1. The molecule has 2 fully saturated rings. The molecule has 0 aromatic heterocycles. The average Bonchev–Trinajstić information content (AvgIpc) is 3.18. The molecule has 0 bridgehead atoms. The molecule has 2 unspecified atom stereocenters. The number of piperidine rings is 1. The molecule has 0 spiro atoms. The lowest BCUT2D eigenvalue weighted by molar-refractivity contribution is -0.118. The summed E-state index contributed by atoms with van der Waals surface area (Å²) in [6.07, 6.45) is 1.72. The molecule has 3 atom stereocenters. The van der Waals surface area contributed by atoms with Crippen LogP contribution in [0.3, 0.4) is 0 Å². The molecule has 1 aliphatic heterocycles. The Kier molecular flexibility index (Phi) is 4.02. The van der Waals surface area contributed by atoms with E-state index in [1.807, 2.05) is 0 Å². The van der Waals surface area contributed by atoms with Crippen molar-refractivity contribution in [1.29, 1.82) is 0 Å². The molecule has 1 saturated heterocycles. The highest BCUT2D eigenvalue weighted by atomic mass is 35.5. The number of rotatable bonds is 4. The van der Waals surface area contributed by atoms with Crippen LogP contribution in [0, 0.1) is 11.2 Å². The predicted octanol–water partition coefficient (Wildman–Crippen LogP) is 3.16. The second kappa shape index (κ2) is 6.09. The van der Waals surface area contributed by atoms with Gasteiger partial charge in [-0.05, 0) is 31.5 Å². The first-order valence-corrected chi connectivity index (χ1v) is 8.72. The average molecular weight is 360 g/mol. The van der Waals surface area contributed by atoms with E-state index in [-0.39, 0.29) is 23.1 Å². The number of hydrogen-bond acceptors (Lipinski definition) is 3. The van der Waals surface area contributed by atoms with E-state index in [2.05, 4.69) is 10.6 Å². The molecule has 2 aromatic carbocycles. The van der Waals surface area contributed by atoms with E-state index >= 15 is 0 Å². The number of nitrogens with two attached hydrogens (primary N) is 1. The zero-order valence-corrected chi connectivity index (χ0v) is 14.3. The third kappa shape index (κ3) is 2.82. The van der Waals surface area contributed by atoms with Crippen molar-refractivity contribution in [2.24, 2.45) is 11.1 Å². The number of carbonyl (C=O) groups is 1. The predicted molar refractivity (Wildman–Crippen MR) is 96.9 cm³/mol.